The van der Waals surface area contributed by atoms with Crippen LogP contribution in [0, 0.1) is 5.92 Å². The number of pyridine rings is 1. The molecule has 0 aliphatic heterocycles. The number of esters is 1. The van der Waals surface area contributed by atoms with E-state index in [9.17, 15) is 9.59 Å². The molecule has 35 heavy (non-hydrogen) atoms. The first kappa shape index (κ1) is 24.3. The van der Waals surface area contributed by atoms with Crippen LogP contribution in [-0.4, -0.2) is 28.0 Å². The quantitative estimate of drug-likeness (QED) is 0.305. The van der Waals surface area contributed by atoms with E-state index < -0.39 is 0 Å². The van der Waals surface area contributed by atoms with Crippen LogP contribution in [0.2, 0.25) is 5.02 Å². The predicted octanol–water partition coefficient (Wildman–Crippen LogP) is 6.01. The molecule has 2 heterocycles. The van der Waals surface area contributed by atoms with Gasteiger partial charge in [-0.25, -0.2) is 4.98 Å². The molecular weight excluding hydrogens is 466 g/mol. The summed E-state index contributed by atoms with van der Waals surface area (Å²) in [5.41, 5.74) is 2.80. The highest BCUT2D eigenvalue weighted by Gasteiger charge is 2.14. The standard InChI is InChI=1S/C27H26ClN3O4/c1-17(2)16-34-26(32)13-18-8-10-24(21(28)12-18)35-25-11-9-20(15-29-25)30-27(33)23-14-19-6-4-5-7-22(19)31(23)3/h4-12,14-15,17H,13,16H2,1-3H3,(H,30,33). The third-order valence-corrected chi connectivity index (χ3v) is 5.61. The highest BCUT2D eigenvalue weighted by atomic mass is 35.5. The number of aromatic nitrogens is 2. The molecule has 0 saturated heterocycles. The molecule has 8 heteroatoms. The Morgan fingerprint density at radius 3 is 2.57 bits per heavy atom. The van der Waals surface area contributed by atoms with E-state index in [0.717, 1.165) is 16.5 Å². The third-order valence-electron chi connectivity index (χ3n) is 5.32. The zero-order valence-corrected chi connectivity index (χ0v) is 20.5. The Hall–Kier alpha value is -3.84. The van der Waals surface area contributed by atoms with Gasteiger partial charge in [-0.3, -0.25) is 9.59 Å². The van der Waals surface area contributed by atoms with E-state index in [-0.39, 0.29) is 24.2 Å². The number of benzene rings is 2. The molecule has 0 aliphatic rings. The molecule has 4 rings (SSSR count). The number of fused-ring (bicyclic) bond motifs is 1. The average Bonchev–Trinajstić information content (AvgIpc) is 3.17. The molecule has 2 aromatic carbocycles. The lowest BCUT2D eigenvalue weighted by molar-refractivity contribution is -0.143. The second-order valence-corrected chi connectivity index (χ2v) is 9.01. The van der Waals surface area contributed by atoms with Crippen LogP contribution >= 0.6 is 11.6 Å². The summed E-state index contributed by atoms with van der Waals surface area (Å²) in [4.78, 5) is 29.0. The van der Waals surface area contributed by atoms with Crippen molar-refractivity contribution in [1.29, 1.82) is 0 Å². The summed E-state index contributed by atoms with van der Waals surface area (Å²) in [6.07, 6.45) is 1.65. The number of rotatable bonds is 8. The van der Waals surface area contributed by atoms with Gasteiger partial charge in [-0.2, -0.15) is 0 Å². The maximum absolute atomic E-state index is 12.8. The van der Waals surface area contributed by atoms with Crippen LogP contribution in [0.4, 0.5) is 5.69 Å². The molecule has 4 aromatic rings. The summed E-state index contributed by atoms with van der Waals surface area (Å²) in [6, 6.07) is 18.1. The number of carbonyl (C=O) groups excluding carboxylic acids is 2. The molecule has 0 fully saturated rings. The first-order valence-corrected chi connectivity index (χ1v) is 11.6. The first-order valence-electron chi connectivity index (χ1n) is 11.2. The van der Waals surface area contributed by atoms with E-state index in [1.807, 2.05) is 55.8 Å². The number of ether oxygens (including phenoxy) is 2. The number of amides is 1. The molecule has 0 bridgehead atoms. The summed E-state index contributed by atoms with van der Waals surface area (Å²) in [5.74, 6) is 0.476. The van der Waals surface area contributed by atoms with Gasteiger partial charge in [0.1, 0.15) is 11.4 Å². The Morgan fingerprint density at radius 2 is 1.89 bits per heavy atom. The van der Waals surface area contributed by atoms with Crippen LogP contribution in [0.25, 0.3) is 10.9 Å². The van der Waals surface area contributed by atoms with Crippen LogP contribution in [-0.2, 0) is 23.0 Å². The smallest absolute Gasteiger partial charge is 0.310 e. The average molecular weight is 492 g/mol. The van der Waals surface area contributed by atoms with Crippen molar-refractivity contribution in [3.63, 3.8) is 0 Å². The van der Waals surface area contributed by atoms with Crippen molar-refractivity contribution in [1.82, 2.24) is 9.55 Å². The van der Waals surface area contributed by atoms with E-state index in [2.05, 4.69) is 10.3 Å². The van der Waals surface area contributed by atoms with E-state index in [1.165, 1.54) is 6.20 Å². The minimum atomic E-state index is -0.300. The van der Waals surface area contributed by atoms with Crippen molar-refractivity contribution in [3.8, 4) is 11.6 Å². The van der Waals surface area contributed by atoms with Gasteiger partial charge in [0.25, 0.3) is 5.91 Å². The van der Waals surface area contributed by atoms with Crippen LogP contribution < -0.4 is 10.1 Å². The first-order chi connectivity index (χ1) is 16.8. The topological polar surface area (TPSA) is 82.5 Å². The van der Waals surface area contributed by atoms with Gasteiger partial charge in [0.2, 0.25) is 5.88 Å². The van der Waals surface area contributed by atoms with Gasteiger partial charge in [-0.05, 0) is 41.8 Å². The molecule has 0 radical (unpaired) electrons. The second-order valence-electron chi connectivity index (χ2n) is 8.61. The number of para-hydroxylation sites is 1. The van der Waals surface area contributed by atoms with Crippen LogP contribution in [0.3, 0.4) is 0 Å². The SMILES string of the molecule is CC(C)COC(=O)Cc1ccc(Oc2ccc(NC(=O)c3cc4ccccc4n3C)cn2)c(Cl)c1. The van der Waals surface area contributed by atoms with E-state index >= 15 is 0 Å². The number of hydrogen-bond acceptors (Lipinski definition) is 5. The fourth-order valence-electron chi connectivity index (χ4n) is 3.54. The van der Waals surface area contributed by atoms with Gasteiger partial charge in [-0.15, -0.1) is 0 Å². The number of anilines is 1. The van der Waals surface area contributed by atoms with Crippen molar-refractivity contribution >= 4 is 40.1 Å². The van der Waals surface area contributed by atoms with Crippen LogP contribution in [0.15, 0.2) is 66.9 Å². The minimum Gasteiger partial charge on any atom is -0.465 e. The van der Waals surface area contributed by atoms with Gasteiger partial charge in [0.05, 0.1) is 29.9 Å². The van der Waals surface area contributed by atoms with E-state index in [1.54, 1.807) is 30.3 Å². The van der Waals surface area contributed by atoms with Crippen LogP contribution in [0.5, 0.6) is 11.6 Å². The lowest BCUT2D eigenvalue weighted by atomic mass is 10.1. The molecule has 180 valence electrons. The molecule has 0 atom stereocenters. The number of nitrogens with one attached hydrogen (secondary N) is 1. The van der Waals surface area contributed by atoms with Crippen molar-refractivity contribution in [2.45, 2.75) is 20.3 Å². The summed E-state index contributed by atoms with van der Waals surface area (Å²) < 4.78 is 12.8. The van der Waals surface area contributed by atoms with Crippen molar-refractivity contribution in [2.75, 3.05) is 11.9 Å². The molecular formula is C27H26ClN3O4. The van der Waals surface area contributed by atoms with Crippen molar-refractivity contribution in [2.24, 2.45) is 13.0 Å². The lowest BCUT2D eigenvalue weighted by Gasteiger charge is -2.10. The molecule has 7 nitrogen and oxygen atoms in total. The molecule has 0 aliphatic carbocycles. The lowest BCUT2D eigenvalue weighted by Crippen LogP contribution is -2.15. The molecule has 0 saturated carbocycles. The van der Waals surface area contributed by atoms with Crippen molar-refractivity contribution in [3.05, 3.63) is 83.1 Å². The zero-order valence-electron chi connectivity index (χ0n) is 19.7. The molecule has 1 N–H and O–H groups in total. The van der Waals surface area contributed by atoms with Crippen molar-refractivity contribution < 1.29 is 19.1 Å². The Kier molecular flexibility index (Phi) is 7.36. The highest BCUT2D eigenvalue weighted by molar-refractivity contribution is 6.32. The number of aryl methyl sites for hydroxylation is 1. The molecule has 2 aromatic heterocycles. The maximum atomic E-state index is 12.8. The number of carbonyl (C=O) groups is 2. The summed E-state index contributed by atoms with van der Waals surface area (Å²) in [6.45, 7) is 4.35. The fraction of sp³-hybridized carbons (Fsp3) is 0.222. The molecule has 0 unspecified atom stereocenters. The Labute approximate surface area is 208 Å². The number of hydrogen-bond donors (Lipinski definition) is 1. The minimum absolute atomic E-state index is 0.135. The Bertz CT molecular complexity index is 1360. The van der Waals surface area contributed by atoms with Gasteiger partial charge in [0, 0.05) is 24.0 Å². The Morgan fingerprint density at radius 1 is 1.09 bits per heavy atom. The summed E-state index contributed by atoms with van der Waals surface area (Å²) in [5, 5.41) is 4.21. The summed E-state index contributed by atoms with van der Waals surface area (Å²) >= 11 is 6.34. The predicted molar refractivity (Wildman–Crippen MR) is 136 cm³/mol. The zero-order chi connectivity index (χ0) is 24.9. The third kappa shape index (κ3) is 6.00. The number of nitrogens with zero attached hydrogens (tertiary/aromatic N) is 2. The maximum Gasteiger partial charge on any atom is 0.310 e. The monoisotopic (exact) mass is 491 g/mol. The Balaban J connectivity index is 1.38. The van der Waals surface area contributed by atoms with Gasteiger partial charge in [-0.1, -0.05) is 49.7 Å². The van der Waals surface area contributed by atoms with Gasteiger partial charge in [0.15, 0.2) is 0 Å². The van der Waals surface area contributed by atoms with Crippen LogP contribution in [0.1, 0.15) is 29.9 Å². The summed E-state index contributed by atoms with van der Waals surface area (Å²) in [7, 11) is 1.86. The fourth-order valence-corrected chi connectivity index (χ4v) is 3.79. The highest BCUT2D eigenvalue weighted by Crippen LogP contribution is 2.30. The number of halogens is 1. The van der Waals surface area contributed by atoms with Gasteiger partial charge >= 0.3 is 5.97 Å². The molecule has 0 spiro atoms. The molecule has 1 amide bonds. The largest absolute Gasteiger partial charge is 0.465 e. The van der Waals surface area contributed by atoms with E-state index in [4.69, 9.17) is 21.1 Å². The van der Waals surface area contributed by atoms with Gasteiger partial charge < -0.3 is 19.4 Å². The normalized spacial score (nSPS) is 11.0. The van der Waals surface area contributed by atoms with E-state index in [0.29, 0.717) is 34.6 Å². The second kappa shape index (κ2) is 10.6.